The molecule has 2 saturated carbocycles. The van der Waals surface area contributed by atoms with E-state index in [1.807, 2.05) is 7.11 Å². The lowest BCUT2D eigenvalue weighted by atomic mass is 9.50. The van der Waals surface area contributed by atoms with Crippen LogP contribution < -0.4 is 0 Å². The van der Waals surface area contributed by atoms with Crippen LogP contribution in [-0.2, 0) is 4.74 Å². The predicted molar refractivity (Wildman–Crippen MR) is 89.9 cm³/mol. The van der Waals surface area contributed by atoms with E-state index in [0.29, 0.717) is 23.9 Å². The van der Waals surface area contributed by atoms with Crippen molar-refractivity contribution in [2.24, 2.45) is 28.6 Å². The molecule has 0 radical (unpaired) electrons. The fraction of sp³-hybridized carbons (Fsp3) is 0.700. The van der Waals surface area contributed by atoms with Crippen LogP contribution in [0.2, 0.25) is 0 Å². The third-order valence-electron chi connectivity index (χ3n) is 7.55. The zero-order valence-electron chi connectivity index (χ0n) is 14.3. The van der Waals surface area contributed by atoms with Gasteiger partial charge in [0.25, 0.3) is 0 Å². The minimum absolute atomic E-state index is 0.138. The summed E-state index contributed by atoms with van der Waals surface area (Å²) >= 11 is 0. The normalized spacial score (nSPS) is 51.4. The first-order chi connectivity index (χ1) is 10.9. The molecule has 3 heteroatoms. The van der Waals surface area contributed by atoms with Crippen molar-refractivity contribution in [2.45, 2.75) is 51.7 Å². The minimum Gasteiger partial charge on any atom is -0.509 e. The SMILES string of the molecule is CO[C@@H]1CC[C@H]2[C@@H]3C=CC4=C(O)C(O)C=C[C@]4(C)[C@H]3CC[C@]12C. The third-order valence-corrected chi connectivity index (χ3v) is 7.55. The fourth-order valence-electron chi connectivity index (χ4n) is 6.20. The van der Waals surface area contributed by atoms with E-state index in [0.717, 1.165) is 18.4 Å². The van der Waals surface area contributed by atoms with Crippen molar-refractivity contribution in [3.8, 4) is 0 Å². The van der Waals surface area contributed by atoms with E-state index < -0.39 is 6.10 Å². The second-order valence-corrected chi connectivity index (χ2v) is 8.38. The van der Waals surface area contributed by atoms with Crippen LogP contribution in [0, 0.1) is 28.6 Å². The van der Waals surface area contributed by atoms with Crippen molar-refractivity contribution in [1.29, 1.82) is 0 Å². The van der Waals surface area contributed by atoms with Crippen LogP contribution in [0.3, 0.4) is 0 Å². The summed E-state index contributed by atoms with van der Waals surface area (Å²) in [5.74, 6) is 1.83. The molecule has 7 atom stereocenters. The van der Waals surface area contributed by atoms with E-state index in [2.05, 4.69) is 32.1 Å². The average molecular weight is 316 g/mol. The molecule has 0 aromatic heterocycles. The van der Waals surface area contributed by atoms with Crippen molar-refractivity contribution >= 4 is 0 Å². The fourth-order valence-corrected chi connectivity index (χ4v) is 6.20. The van der Waals surface area contributed by atoms with Gasteiger partial charge in [0.05, 0.1) is 6.10 Å². The summed E-state index contributed by atoms with van der Waals surface area (Å²) in [5.41, 5.74) is 1.03. The number of hydrogen-bond donors (Lipinski definition) is 2. The van der Waals surface area contributed by atoms with E-state index in [1.165, 1.54) is 12.8 Å². The number of rotatable bonds is 1. The number of aliphatic hydroxyl groups excluding tert-OH is 2. The van der Waals surface area contributed by atoms with Crippen LogP contribution in [-0.4, -0.2) is 29.5 Å². The molecule has 0 aliphatic heterocycles. The third kappa shape index (κ3) is 1.90. The van der Waals surface area contributed by atoms with E-state index in [1.54, 1.807) is 6.08 Å². The second-order valence-electron chi connectivity index (χ2n) is 8.38. The van der Waals surface area contributed by atoms with Crippen LogP contribution in [0.1, 0.15) is 39.5 Å². The highest BCUT2D eigenvalue weighted by Gasteiger charge is 2.58. The second kappa shape index (κ2) is 4.97. The summed E-state index contributed by atoms with van der Waals surface area (Å²) < 4.78 is 5.81. The first-order valence-corrected chi connectivity index (χ1v) is 8.94. The predicted octanol–water partition coefficient (Wildman–Crippen LogP) is 3.76. The molecule has 23 heavy (non-hydrogen) atoms. The van der Waals surface area contributed by atoms with E-state index >= 15 is 0 Å². The molecule has 4 aliphatic carbocycles. The summed E-state index contributed by atoms with van der Waals surface area (Å²) in [6, 6.07) is 0. The van der Waals surface area contributed by atoms with Gasteiger partial charge < -0.3 is 14.9 Å². The highest BCUT2D eigenvalue weighted by atomic mass is 16.5. The molecule has 0 spiro atoms. The summed E-state index contributed by atoms with van der Waals surface area (Å²) in [5, 5.41) is 20.3. The van der Waals surface area contributed by atoms with Crippen molar-refractivity contribution in [2.75, 3.05) is 7.11 Å². The zero-order chi connectivity index (χ0) is 16.4. The molecule has 126 valence electrons. The Morgan fingerprint density at radius 3 is 2.65 bits per heavy atom. The molecule has 0 saturated heterocycles. The summed E-state index contributed by atoms with van der Waals surface area (Å²) in [6.07, 6.45) is 12.5. The van der Waals surface area contributed by atoms with Gasteiger partial charge in [-0.1, -0.05) is 38.2 Å². The number of hydrogen-bond acceptors (Lipinski definition) is 3. The van der Waals surface area contributed by atoms with Crippen LogP contribution in [0.25, 0.3) is 0 Å². The Balaban J connectivity index is 1.75. The van der Waals surface area contributed by atoms with Crippen molar-refractivity contribution in [1.82, 2.24) is 0 Å². The number of methoxy groups -OCH3 is 1. The average Bonchev–Trinajstić information content (AvgIpc) is 2.88. The van der Waals surface area contributed by atoms with Gasteiger partial charge in [-0.3, -0.25) is 0 Å². The van der Waals surface area contributed by atoms with Gasteiger partial charge in [0.1, 0.15) is 11.9 Å². The highest BCUT2D eigenvalue weighted by molar-refractivity contribution is 5.44. The lowest BCUT2D eigenvalue weighted by Gasteiger charge is -2.55. The lowest BCUT2D eigenvalue weighted by Crippen LogP contribution is -2.49. The van der Waals surface area contributed by atoms with Gasteiger partial charge in [0.2, 0.25) is 0 Å². The molecule has 2 fully saturated rings. The number of ether oxygens (including phenoxy) is 1. The van der Waals surface area contributed by atoms with Crippen LogP contribution in [0.15, 0.2) is 35.6 Å². The molecule has 2 N–H and O–H groups in total. The molecular weight excluding hydrogens is 288 g/mol. The Kier molecular flexibility index (Phi) is 3.34. The standard InChI is InChI=1S/C20H28O3/c1-19-11-9-16(21)18(22)15(19)5-4-12-13-6-7-17(23-3)20(13,2)10-8-14(12)19/h4-5,9,11-14,16-17,21-22H,6-8,10H2,1-3H3/t12-,13-,14-,16?,17+,19+,20-/m0/s1. The number of aliphatic hydroxyl groups is 2. The van der Waals surface area contributed by atoms with Gasteiger partial charge >= 0.3 is 0 Å². The Bertz CT molecular complexity index is 604. The van der Waals surface area contributed by atoms with E-state index in [9.17, 15) is 10.2 Å². The molecule has 0 aromatic rings. The monoisotopic (exact) mass is 316 g/mol. The van der Waals surface area contributed by atoms with Gasteiger partial charge in [-0.05, 0) is 48.9 Å². The molecule has 0 bridgehead atoms. The molecule has 0 heterocycles. The van der Waals surface area contributed by atoms with Crippen LogP contribution >= 0.6 is 0 Å². The highest BCUT2D eigenvalue weighted by Crippen LogP contribution is 2.63. The summed E-state index contributed by atoms with van der Waals surface area (Å²) in [7, 11) is 1.85. The van der Waals surface area contributed by atoms with Gasteiger partial charge in [-0.25, -0.2) is 0 Å². The van der Waals surface area contributed by atoms with Crippen molar-refractivity contribution < 1.29 is 14.9 Å². The Morgan fingerprint density at radius 2 is 1.91 bits per heavy atom. The maximum atomic E-state index is 10.4. The van der Waals surface area contributed by atoms with Crippen LogP contribution in [0.5, 0.6) is 0 Å². The Hall–Kier alpha value is -1.06. The molecule has 4 aliphatic rings. The summed E-state index contributed by atoms with van der Waals surface area (Å²) in [4.78, 5) is 0. The lowest BCUT2D eigenvalue weighted by molar-refractivity contribution is -0.0564. The van der Waals surface area contributed by atoms with Gasteiger partial charge in [0.15, 0.2) is 0 Å². The molecule has 0 aromatic carbocycles. The van der Waals surface area contributed by atoms with Crippen LogP contribution in [0.4, 0.5) is 0 Å². The number of fused-ring (bicyclic) bond motifs is 5. The first-order valence-electron chi connectivity index (χ1n) is 8.94. The topological polar surface area (TPSA) is 49.7 Å². The largest absolute Gasteiger partial charge is 0.509 e. The molecule has 3 nitrogen and oxygen atoms in total. The Morgan fingerprint density at radius 1 is 1.13 bits per heavy atom. The zero-order valence-corrected chi connectivity index (χ0v) is 14.3. The smallest absolute Gasteiger partial charge is 0.129 e. The maximum absolute atomic E-state index is 10.4. The van der Waals surface area contributed by atoms with E-state index in [-0.39, 0.29) is 16.6 Å². The molecule has 4 rings (SSSR count). The first kappa shape index (κ1) is 15.5. The van der Waals surface area contributed by atoms with Crippen molar-refractivity contribution in [3.63, 3.8) is 0 Å². The van der Waals surface area contributed by atoms with Gasteiger partial charge in [-0.2, -0.15) is 0 Å². The Labute approximate surface area is 138 Å². The minimum atomic E-state index is -0.850. The van der Waals surface area contributed by atoms with Gasteiger partial charge in [-0.15, -0.1) is 0 Å². The molecule has 0 amide bonds. The quantitative estimate of drug-likeness (QED) is 0.724. The van der Waals surface area contributed by atoms with E-state index in [4.69, 9.17) is 4.74 Å². The maximum Gasteiger partial charge on any atom is 0.129 e. The molecule has 1 unspecified atom stereocenters. The summed E-state index contributed by atoms with van der Waals surface area (Å²) in [6.45, 7) is 4.64. The van der Waals surface area contributed by atoms with Gasteiger partial charge in [0, 0.05) is 18.1 Å². The van der Waals surface area contributed by atoms with Crippen molar-refractivity contribution in [3.05, 3.63) is 35.6 Å². The number of allylic oxidation sites excluding steroid dienone is 4. The molecular formula is C20H28O3.